The Morgan fingerprint density at radius 1 is 1.29 bits per heavy atom. The second kappa shape index (κ2) is 3.97. The van der Waals surface area contributed by atoms with Gasteiger partial charge in [0.15, 0.2) is 0 Å². The van der Waals surface area contributed by atoms with Crippen molar-refractivity contribution in [3.63, 3.8) is 0 Å². The normalized spacial score (nSPS) is 19.2. The van der Waals surface area contributed by atoms with Crippen molar-refractivity contribution in [2.24, 2.45) is 4.99 Å². The highest BCUT2D eigenvalue weighted by atomic mass is 16.5. The molecular formula is C12H11NO. The summed E-state index contributed by atoms with van der Waals surface area (Å²) < 4.78 is 5.36. The summed E-state index contributed by atoms with van der Waals surface area (Å²) in [6.45, 7) is 2.71. The quantitative estimate of drug-likeness (QED) is 0.565. The smallest absolute Gasteiger partial charge is 0.264 e. The maximum atomic E-state index is 5.36. The number of aliphatic imine (C=N–C) groups is 1. The minimum absolute atomic E-state index is 0.176. The maximum absolute atomic E-state index is 5.36. The zero-order chi connectivity index (χ0) is 9.80. The highest BCUT2D eigenvalue weighted by Crippen LogP contribution is 2.02. The third kappa shape index (κ3) is 2.14. The van der Waals surface area contributed by atoms with Gasteiger partial charge in [-0.2, -0.15) is 0 Å². The first-order chi connectivity index (χ1) is 6.84. The Morgan fingerprint density at radius 2 is 2.07 bits per heavy atom. The molecule has 0 fully saturated rings. The van der Waals surface area contributed by atoms with Gasteiger partial charge in [-0.3, -0.25) is 0 Å². The highest BCUT2D eigenvalue weighted by molar-refractivity contribution is 5.95. The SMILES string of the molecule is CC1CN=C(C#Cc2ccccc2)O1. The van der Waals surface area contributed by atoms with E-state index in [4.69, 9.17) is 4.74 Å². The van der Waals surface area contributed by atoms with E-state index in [0.29, 0.717) is 5.90 Å². The molecule has 0 amide bonds. The molecule has 0 saturated carbocycles. The fraction of sp³-hybridized carbons (Fsp3) is 0.250. The molecule has 0 radical (unpaired) electrons. The van der Waals surface area contributed by atoms with E-state index in [1.165, 1.54) is 0 Å². The Morgan fingerprint density at radius 3 is 2.71 bits per heavy atom. The first-order valence-electron chi connectivity index (χ1n) is 4.63. The van der Waals surface area contributed by atoms with Gasteiger partial charge in [-0.05, 0) is 25.0 Å². The van der Waals surface area contributed by atoms with Crippen LogP contribution in [0, 0.1) is 11.8 Å². The number of hydrogen-bond acceptors (Lipinski definition) is 2. The molecule has 1 aliphatic heterocycles. The fourth-order valence-corrected chi connectivity index (χ4v) is 1.19. The van der Waals surface area contributed by atoms with Crippen LogP contribution in [0.3, 0.4) is 0 Å². The van der Waals surface area contributed by atoms with Crippen LogP contribution in [-0.2, 0) is 4.74 Å². The number of hydrogen-bond donors (Lipinski definition) is 0. The molecule has 2 nitrogen and oxygen atoms in total. The maximum Gasteiger partial charge on any atom is 0.264 e. The predicted molar refractivity (Wildman–Crippen MR) is 56.2 cm³/mol. The summed E-state index contributed by atoms with van der Waals surface area (Å²) in [5.74, 6) is 6.46. The van der Waals surface area contributed by atoms with Crippen LogP contribution in [-0.4, -0.2) is 18.5 Å². The van der Waals surface area contributed by atoms with Gasteiger partial charge in [0.05, 0.1) is 6.54 Å². The molecule has 0 saturated heterocycles. The largest absolute Gasteiger partial charge is 0.467 e. The Bertz CT molecular complexity index is 397. The van der Waals surface area contributed by atoms with Gasteiger partial charge >= 0.3 is 0 Å². The van der Waals surface area contributed by atoms with E-state index in [1.807, 2.05) is 37.3 Å². The second-order valence-electron chi connectivity index (χ2n) is 3.19. The van der Waals surface area contributed by atoms with Gasteiger partial charge in [0.1, 0.15) is 6.10 Å². The lowest BCUT2D eigenvalue weighted by Crippen LogP contribution is -2.05. The lowest BCUT2D eigenvalue weighted by Gasteiger charge is -1.98. The van der Waals surface area contributed by atoms with Gasteiger partial charge in [-0.1, -0.05) is 24.1 Å². The highest BCUT2D eigenvalue weighted by Gasteiger charge is 2.11. The van der Waals surface area contributed by atoms with Crippen LogP contribution >= 0.6 is 0 Å². The molecule has 2 rings (SSSR count). The number of rotatable bonds is 0. The average Bonchev–Trinajstić information content (AvgIpc) is 2.63. The van der Waals surface area contributed by atoms with Gasteiger partial charge < -0.3 is 4.74 Å². The van der Waals surface area contributed by atoms with Crippen molar-refractivity contribution < 1.29 is 4.74 Å². The van der Waals surface area contributed by atoms with E-state index in [1.54, 1.807) is 0 Å². The lowest BCUT2D eigenvalue weighted by molar-refractivity contribution is 0.248. The molecule has 1 atom stereocenters. The Labute approximate surface area is 83.6 Å². The van der Waals surface area contributed by atoms with E-state index in [2.05, 4.69) is 16.8 Å². The standard InChI is InChI=1S/C12H11NO/c1-10-9-13-12(14-10)8-7-11-5-3-2-4-6-11/h2-6,10H,9H2,1H3. The molecule has 14 heavy (non-hydrogen) atoms. The lowest BCUT2D eigenvalue weighted by atomic mass is 10.2. The summed E-state index contributed by atoms with van der Waals surface area (Å²) in [5, 5.41) is 0. The fourth-order valence-electron chi connectivity index (χ4n) is 1.19. The molecule has 1 aromatic carbocycles. The molecule has 1 aromatic rings. The predicted octanol–water partition coefficient (Wildman–Crippen LogP) is 1.86. The van der Waals surface area contributed by atoms with Crippen LogP contribution in [0.15, 0.2) is 35.3 Å². The molecule has 1 heterocycles. The summed E-state index contributed by atoms with van der Waals surface area (Å²) in [4.78, 5) is 4.15. The Balaban J connectivity index is 2.08. The molecule has 1 aliphatic rings. The van der Waals surface area contributed by atoms with E-state index in [-0.39, 0.29) is 6.10 Å². The molecule has 2 heteroatoms. The zero-order valence-electron chi connectivity index (χ0n) is 8.03. The Kier molecular flexibility index (Phi) is 2.51. The first-order valence-corrected chi connectivity index (χ1v) is 4.63. The van der Waals surface area contributed by atoms with Crippen LogP contribution < -0.4 is 0 Å². The molecule has 0 spiro atoms. The minimum Gasteiger partial charge on any atom is -0.467 e. The van der Waals surface area contributed by atoms with Crippen LogP contribution in [0.4, 0.5) is 0 Å². The van der Waals surface area contributed by atoms with Crippen molar-refractivity contribution in [3.05, 3.63) is 35.9 Å². The minimum atomic E-state index is 0.176. The topological polar surface area (TPSA) is 21.6 Å². The molecule has 0 aliphatic carbocycles. The summed E-state index contributed by atoms with van der Waals surface area (Å²) in [6.07, 6.45) is 0.176. The molecule has 0 N–H and O–H groups in total. The molecule has 0 aromatic heterocycles. The van der Waals surface area contributed by atoms with E-state index < -0.39 is 0 Å². The van der Waals surface area contributed by atoms with Gasteiger partial charge in [-0.25, -0.2) is 4.99 Å². The number of ether oxygens (including phenoxy) is 1. The van der Waals surface area contributed by atoms with Gasteiger partial charge in [0.2, 0.25) is 0 Å². The molecular weight excluding hydrogens is 174 g/mol. The van der Waals surface area contributed by atoms with Crippen molar-refractivity contribution in [1.29, 1.82) is 0 Å². The molecule has 70 valence electrons. The van der Waals surface area contributed by atoms with Gasteiger partial charge in [-0.15, -0.1) is 0 Å². The van der Waals surface area contributed by atoms with E-state index >= 15 is 0 Å². The van der Waals surface area contributed by atoms with Crippen molar-refractivity contribution in [2.45, 2.75) is 13.0 Å². The number of benzene rings is 1. The second-order valence-corrected chi connectivity index (χ2v) is 3.19. The average molecular weight is 185 g/mol. The van der Waals surface area contributed by atoms with Crippen LogP contribution in [0.1, 0.15) is 12.5 Å². The summed E-state index contributed by atoms with van der Waals surface area (Å²) in [5.41, 5.74) is 0.985. The summed E-state index contributed by atoms with van der Waals surface area (Å²) in [7, 11) is 0. The van der Waals surface area contributed by atoms with Crippen LogP contribution in [0.2, 0.25) is 0 Å². The zero-order valence-corrected chi connectivity index (χ0v) is 8.03. The van der Waals surface area contributed by atoms with Crippen molar-refractivity contribution in [1.82, 2.24) is 0 Å². The molecule has 0 bridgehead atoms. The van der Waals surface area contributed by atoms with Crippen molar-refractivity contribution >= 4 is 5.90 Å². The summed E-state index contributed by atoms with van der Waals surface area (Å²) in [6, 6.07) is 9.82. The molecule has 1 unspecified atom stereocenters. The van der Waals surface area contributed by atoms with Gasteiger partial charge in [0, 0.05) is 5.56 Å². The number of nitrogens with zero attached hydrogens (tertiary/aromatic N) is 1. The van der Waals surface area contributed by atoms with Crippen LogP contribution in [0.5, 0.6) is 0 Å². The van der Waals surface area contributed by atoms with Crippen molar-refractivity contribution in [3.8, 4) is 11.8 Å². The van der Waals surface area contributed by atoms with E-state index in [9.17, 15) is 0 Å². The van der Waals surface area contributed by atoms with E-state index in [0.717, 1.165) is 12.1 Å². The first kappa shape index (κ1) is 8.83. The third-order valence-corrected chi connectivity index (χ3v) is 1.89. The van der Waals surface area contributed by atoms with Crippen molar-refractivity contribution in [2.75, 3.05) is 6.54 Å². The summed E-state index contributed by atoms with van der Waals surface area (Å²) >= 11 is 0. The monoisotopic (exact) mass is 185 g/mol. The van der Waals surface area contributed by atoms with Crippen LogP contribution in [0.25, 0.3) is 0 Å². The van der Waals surface area contributed by atoms with Gasteiger partial charge in [0.25, 0.3) is 5.90 Å². The Hall–Kier alpha value is -1.75. The third-order valence-electron chi connectivity index (χ3n) is 1.89.